The fourth-order valence-electron chi connectivity index (χ4n) is 5.38. The van der Waals surface area contributed by atoms with E-state index >= 15 is 0 Å². The van der Waals surface area contributed by atoms with Gasteiger partial charge in [-0.2, -0.15) is 0 Å². The molecule has 3 heterocycles. The van der Waals surface area contributed by atoms with Gasteiger partial charge >= 0.3 is 5.97 Å². The van der Waals surface area contributed by atoms with Crippen molar-refractivity contribution in [3.63, 3.8) is 0 Å². The smallest absolute Gasteiger partial charge is 0.303 e. The summed E-state index contributed by atoms with van der Waals surface area (Å²) in [5.41, 5.74) is -0.881. The minimum atomic E-state index is -1.73. The second-order valence-corrected chi connectivity index (χ2v) is 10.8. The van der Waals surface area contributed by atoms with Crippen LogP contribution < -0.4 is 19.6 Å². The molecule has 16 heteroatoms. The van der Waals surface area contributed by atoms with Gasteiger partial charge in [0.25, 0.3) is 0 Å². The molecule has 1 aromatic heterocycles. The van der Waals surface area contributed by atoms with E-state index in [1.807, 2.05) is 0 Å². The van der Waals surface area contributed by atoms with Crippen molar-refractivity contribution in [2.45, 2.75) is 82.2 Å². The Morgan fingerprint density at radius 2 is 1.47 bits per heavy atom. The lowest BCUT2D eigenvalue weighted by atomic mass is 9.97. The number of phenolic OH excluding ortho intramolecular Hbond substituents is 2. The lowest BCUT2D eigenvalue weighted by molar-refractivity contribution is -0.347. The predicted molar refractivity (Wildman–Crippen MR) is 150 cm³/mol. The summed E-state index contributed by atoms with van der Waals surface area (Å²) in [5, 5.41) is 62.3. The van der Waals surface area contributed by atoms with Gasteiger partial charge in [-0.3, -0.25) is 9.59 Å². The SMILES string of the molecule is COc1cc2c(=O)c3c(O)c(OC)c(O)cc3oc2cc1OC1OC(C)C(O)C(OC2OC(C)C(O)C(O)C2O)C1OC(C)=O. The third-order valence-electron chi connectivity index (χ3n) is 7.76. The number of hydrogen-bond acceptors (Lipinski definition) is 16. The van der Waals surface area contributed by atoms with E-state index in [2.05, 4.69) is 0 Å². The number of phenols is 2. The number of fused-ring (bicyclic) bond motifs is 2. The summed E-state index contributed by atoms with van der Waals surface area (Å²) in [4.78, 5) is 25.5. The highest BCUT2D eigenvalue weighted by Crippen LogP contribution is 2.43. The molecule has 2 saturated heterocycles. The highest BCUT2D eigenvalue weighted by Gasteiger charge is 2.52. The van der Waals surface area contributed by atoms with Crippen LogP contribution in [-0.2, 0) is 23.7 Å². The predicted octanol–water partition coefficient (Wildman–Crippen LogP) is 0.00350. The van der Waals surface area contributed by atoms with Crippen LogP contribution in [0.2, 0.25) is 0 Å². The van der Waals surface area contributed by atoms with Crippen molar-refractivity contribution in [2.24, 2.45) is 0 Å². The lowest BCUT2D eigenvalue weighted by Gasteiger charge is -2.46. The topological polar surface area (TPSA) is 233 Å². The molecular formula is C29H34O16. The number of carbonyl (C=O) groups is 1. The number of benzene rings is 2. The van der Waals surface area contributed by atoms with E-state index in [-0.39, 0.29) is 39.2 Å². The van der Waals surface area contributed by atoms with Gasteiger partial charge in [0.1, 0.15) is 47.1 Å². The Kier molecular flexibility index (Phi) is 9.01. The summed E-state index contributed by atoms with van der Waals surface area (Å²) < 4.78 is 44.9. The zero-order valence-corrected chi connectivity index (χ0v) is 24.8. The van der Waals surface area contributed by atoms with Crippen LogP contribution in [0.15, 0.2) is 27.4 Å². The molecule has 246 valence electrons. The van der Waals surface area contributed by atoms with Gasteiger partial charge in [0.15, 0.2) is 35.4 Å². The van der Waals surface area contributed by atoms with Crippen LogP contribution in [0, 0.1) is 0 Å². The average Bonchev–Trinajstić information content (AvgIpc) is 2.98. The highest BCUT2D eigenvalue weighted by molar-refractivity contribution is 5.96. The van der Waals surface area contributed by atoms with E-state index in [1.54, 1.807) is 0 Å². The highest BCUT2D eigenvalue weighted by atomic mass is 16.7. The summed E-state index contributed by atoms with van der Waals surface area (Å²) in [7, 11) is 2.50. The van der Waals surface area contributed by atoms with Crippen molar-refractivity contribution >= 4 is 27.9 Å². The number of rotatable bonds is 7. The van der Waals surface area contributed by atoms with Crippen LogP contribution in [0.25, 0.3) is 21.9 Å². The average molecular weight is 639 g/mol. The summed E-state index contributed by atoms with van der Waals surface area (Å²) in [6.07, 6.45) is -14.2. The summed E-state index contributed by atoms with van der Waals surface area (Å²) in [6, 6.07) is 3.66. The number of methoxy groups -OCH3 is 2. The Hall–Kier alpha value is -3.90. The van der Waals surface area contributed by atoms with Crippen molar-refractivity contribution < 1.29 is 73.0 Å². The third kappa shape index (κ3) is 5.81. The Balaban J connectivity index is 1.54. The maximum Gasteiger partial charge on any atom is 0.303 e. The van der Waals surface area contributed by atoms with Crippen molar-refractivity contribution in [1.29, 1.82) is 0 Å². The normalized spacial score (nSPS) is 31.9. The molecule has 16 nitrogen and oxygen atoms in total. The fourth-order valence-corrected chi connectivity index (χ4v) is 5.38. The van der Waals surface area contributed by atoms with E-state index in [0.717, 1.165) is 13.0 Å². The molecule has 0 spiro atoms. The first-order valence-electron chi connectivity index (χ1n) is 13.9. The molecular weight excluding hydrogens is 604 g/mol. The van der Waals surface area contributed by atoms with Gasteiger partial charge in [-0.1, -0.05) is 0 Å². The van der Waals surface area contributed by atoms with Gasteiger partial charge in [-0.25, -0.2) is 0 Å². The van der Waals surface area contributed by atoms with E-state index in [9.17, 15) is 40.2 Å². The van der Waals surface area contributed by atoms with Crippen molar-refractivity contribution in [2.75, 3.05) is 14.2 Å². The molecule has 6 N–H and O–H groups in total. The Morgan fingerprint density at radius 3 is 2.11 bits per heavy atom. The molecule has 0 saturated carbocycles. The number of aromatic hydroxyl groups is 2. The lowest BCUT2D eigenvalue weighted by Crippen LogP contribution is -2.64. The zero-order valence-electron chi connectivity index (χ0n) is 24.8. The molecule has 5 rings (SSSR count). The third-order valence-corrected chi connectivity index (χ3v) is 7.76. The quantitative estimate of drug-likeness (QED) is 0.148. The van der Waals surface area contributed by atoms with Crippen molar-refractivity contribution in [3.05, 3.63) is 28.4 Å². The molecule has 2 fully saturated rings. The maximum absolute atomic E-state index is 13.4. The van der Waals surface area contributed by atoms with E-state index in [4.69, 9.17) is 37.6 Å². The van der Waals surface area contributed by atoms with Gasteiger partial charge in [0, 0.05) is 19.1 Å². The molecule has 0 radical (unpaired) electrons. The first-order valence-corrected chi connectivity index (χ1v) is 13.9. The molecule has 0 bridgehead atoms. The second-order valence-electron chi connectivity index (χ2n) is 10.8. The second kappa shape index (κ2) is 12.5. The number of hydrogen-bond donors (Lipinski definition) is 6. The zero-order chi connectivity index (χ0) is 32.9. The Morgan fingerprint density at radius 1 is 0.800 bits per heavy atom. The first-order chi connectivity index (χ1) is 21.3. The standard InChI is InChI=1S/C29H34O16/c1-9-19(32)23(36)24(37)28(40-9)45-26-20(33)10(2)41-29(27(26)42-11(3)30)44-16-8-14-12(6-15(16)38-4)21(34)18-17(43-14)7-13(31)25(39-5)22(18)35/h6-10,19-20,23-24,26-29,31-33,35-37H,1-5H3. The van der Waals surface area contributed by atoms with Gasteiger partial charge in [-0.15, -0.1) is 0 Å². The van der Waals surface area contributed by atoms with E-state index in [1.165, 1.54) is 40.2 Å². The number of aliphatic hydroxyl groups is 4. The maximum atomic E-state index is 13.4. The summed E-state index contributed by atoms with van der Waals surface area (Å²) in [6.45, 7) is 4.03. The number of aliphatic hydroxyl groups excluding tert-OH is 4. The van der Waals surface area contributed by atoms with Crippen LogP contribution >= 0.6 is 0 Å². The molecule has 45 heavy (non-hydrogen) atoms. The van der Waals surface area contributed by atoms with Crippen molar-refractivity contribution in [3.8, 4) is 28.7 Å². The van der Waals surface area contributed by atoms with Crippen molar-refractivity contribution in [1.82, 2.24) is 0 Å². The van der Waals surface area contributed by atoms with Gasteiger partial charge in [-0.05, 0) is 19.9 Å². The molecule has 2 aliphatic heterocycles. The van der Waals surface area contributed by atoms with Crippen LogP contribution in [0.3, 0.4) is 0 Å². The molecule has 10 unspecified atom stereocenters. The summed E-state index contributed by atoms with van der Waals surface area (Å²) >= 11 is 0. The monoisotopic (exact) mass is 638 g/mol. The van der Waals surface area contributed by atoms with Gasteiger partial charge in [0.05, 0.1) is 31.8 Å². The van der Waals surface area contributed by atoms with Crippen LogP contribution in [0.1, 0.15) is 20.8 Å². The van der Waals surface area contributed by atoms with Gasteiger partial charge < -0.3 is 68.2 Å². The number of ether oxygens (including phenoxy) is 7. The number of carbonyl (C=O) groups excluding carboxylic acids is 1. The van der Waals surface area contributed by atoms with E-state index in [0.29, 0.717) is 0 Å². The summed E-state index contributed by atoms with van der Waals surface area (Å²) in [5.74, 6) is -2.29. The first kappa shape index (κ1) is 32.5. The molecule has 3 aromatic rings. The largest absolute Gasteiger partial charge is 0.504 e. The van der Waals surface area contributed by atoms with Gasteiger partial charge in [0.2, 0.25) is 17.5 Å². The van der Waals surface area contributed by atoms with Crippen LogP contribution in [0.5, 0.6) is 28.7 Å². The molecule has 2 aliphatic rings. The minimum Gasteiger partial charge on any atom is -0.504 e. The molecule has 10 atom stereocenters. The Labute approximate surface area is 254 Å². The fraction of sp³-hybridized carbons (Fsp3) is 0.517. The van der Waals surface area contributed by atoms with Crippen LogP contribution in [0.4, 0.5) is 0 Å². The van der Waals surface area contributed by atoms with Crippen LogP contribution in [-0.4, -0.2) is 112 Å². The minimum absolute atomic E-state index is 0.00206. The number of esters is 1. The van der Waals surface area contributed by atoms with E-state index < -0.39 is 84.3 Å². The molecule has 2 aromatic carbocycles. The Bertz CT molecular complexity index is 1640. The molecule has 0 aliphatic carbocycles. The molecule has 0 amide bonds.